The van der Waals surface area contributed by atoms with Crippen molar-refractivity contribution >= 4 is 155 Å². The number of benzene rings is 2. The van der Waals surface area contributed by atoms with Crippen LogP contribution in [0.5, 0.6) is 17.2 Å². The van der Waals surface area contributed by atoms with Crippen molar-refractivity contribution in [3.8, 4) is 67.4 Å². The summed E-state index contributed by atoms with van der Waals surface area (Å²) in [5.41, 5.74) is 9.83. The van der Waals surface area contributed by atoms with Crippen LogP contribution in [0.3, 0.4) is 0 Å². The first-order valence-electron chi connectivity index (χ1n) is 59.2. The number of hydrogen-bond acceptors (Lipinski definition) is 19. The zero-order valence-corrected chi connectivity index (χ0v) is 101. The van der Waals surface area contributed by atoms with E-state index in [1.54, 1.807) is 0 Å². The topological polar surface area (TPSA) is 116 Å². The van der Waals surface area contributed by atoms with Gasteiger partial charge in [0.15, 0.2) is 0 Å². The zero-order valence-electron chi connectivity index (χ0n) is 92.6. The smallest absolute Gasteiger partial charge is 0.481 e. The Bertz CT molecular complexity index is 4990. The van der Waals surface area contributed by atoms with E-state index in [0.717, 1.165) is 88.8 Å². The highest BCUT2D eigenvalue weighted by Crippen LogP contribution is 2.61. The van der Waals surface area contributed by atoms with Gasteiger partial charge in [0.1, 0.15) is 56.1 Å². The number of thiophene rings is 6. The Morgan fingerprint density at radius 3 is 0.703 bits per heavy atom. The highest BCUT2D eigenvalue weighted by atomic mass is 79.9. The van der Waals surface area contributed by atoms with Crippen molar-refractivity contribution in [2.24, 2.45) is 0 Å². The van der Waals surface area contributed by atoms with Crippen LogP contribution in [-0.2, 0) is 35.4 Å². The summed E-state index contributed by atoms with van der Waals surface area (Å²) in [5, 5.41) is 6.73. The Hall–Kier alpha value is -3.87. The van der Waals surface area contributed by atoms with E-state index in [2.05, 4.69) is 131 Å². The monoisotopic (exact) mass is 2190 g/mol. The predicted molar refractivity (Wildman–Crippen MR) is 641 cm³/mol. The van der Waals surface area contributed by atoms with Crippen molar-refractivity contribution in [3.05, 3.63) is 97.3 Å². The second-order valence-electron chi connectivity index (χ2n) is 45.7. The third kappa shape index (κ3) is 32.9. The molecule has 8 aromatic heterocycles. The molecule has 0 unspecified atom stereocenters. The summed E-state index contributed by atoms with van der Waals surface area (Å²) in [5.74, 6) is 3.34. The van der Waals surface area contributed by atoms with E-state index in [1.165, 1.54) is 479 Å². The second-order valence-corrected chi connectivity index (χ2v) is 54.1. The van der Waals surface area contributed by atoms with Crippen molar-refractivity contribution in [1.29, 1.82) is 0 Å². The van der Waals surface area contributed by atoms with Gasteiger partial charge in [-0.15, -0.1) is 68.0 Å². The van der Waals surface area contributed by atoms with E-state index in [1.807, 2.05) is 136 Å². The Morgan fingerprint density at radius 2 is 0.462 bits per heavy atom. The Morgan fingerprint density at radius 1 is 0.248 bits per heavy atom. The molecule has 2 fully saturated rings. The van der Waals surface area contributed by atoms with Gasteiger partial charge in [-0.25, -0.2) is 0 Å². The van der Waals surface area contributed by atoms with Gasteiger partial charge in [-0.2, -0.15) is 17.5 Å². The fraction of sp³-hybridized carbons (Fsp3) is 0.707. The van der Waals surface area contributed by atoms with E-state index in [9.17, 15) is 0 Å². The number of hydrogen-bond donors (Lipinski definition) is 0. The second kappa shape index (κ2) is 60.9. The molecule has 11 nitrogen and oxygen atoms in total. The number of ether oxygens (including phenoxy) is 3. The van der Waals surface area contributed by atoms with Gasteiger partial charge in [0.25, 0.3) is 0 Å². The zero-order chi connectivity index (χ0) is 102. The molecule has 5 aliphatic rings. The summed E-state index contributed by atoms with van der Waals surface area (Å²) in [6.45, 7) is 30.2. The van der Waals surface area contributed by atoms with Gasteiger partial charge < -0.3 is 32.8 Å². The highest BCUT2D eigenvalue weighted by molar-refractivity contribution is 9.11. The van der Waals surface area contributed by atoms with Crippen molar-refractivity contribution in [2.45, 2.75) is 560 Å². The third-order valence-electron chi connectivity index (χ3n) is 33.1. The SMILES string of the molecule is CC1(C)OB(c2ccc(B3OC(C)(C)C(C)(C)O3)c3nsnc23)OC1(C)C.CCCCCCCCCCCCC1(CCCCCCCCCCCC)Oc2ccsc2-c2sc(-c3ccc(-c4cc5c(s4)-c4sccc4OC5(CCCCCCCCCCCC)CCCCCCCCCCCC)c4nsnc34)cc21.CCCCCCCCCCCCC1(CCCCCCCCCCCC)Oc2ccsc2-c2sc(Br)cc21. The molecule has 5 aliphatic heterocycles. The van der Waals surface area contributed by atoms with Crippen LogP contribution in [0.1, 0.15) is 537 Å². The van der Waals surface area contributed by atoms with E-state index in [0.29, 0.717) is 0 Å². The van der Waals surface area contributed by atoms with Crippen LogP contribution < -0.4 is 25.1 Å². The molecular weight excluding hydrogens is 2000 g/mol. The van der Waals surface area contributed by atoms with Crippen LogP contribution in [0.2, 0.25) is 0 Å². The minimum Gasteiger partial charge on any atom is -0.481 e. The maximum atomic E-state index is 7.43. The van der Waals surface area contributed by atoms with Crippen LogP contribution >= 0.6 is 107 Å². The molecule has 13 heterocycles. The Balaban J connectivity index is 0.000000223. The standard InChI is InChI=1S/C72H108N2O2S5.C33H53BrOS2.C18H26B2N2O4S/c1-5-9-13-17-21-25-29-33-37-41-49-71(50-42-38-34-30-26-22-18-14-10-6-2)59-55-63(79-67(59)69-61(75-71)47-53-77-69)57-45-46-58(66-65(57)73-81-74-66)64-56-60-68(80-64)70-62(48-54-78-70)76-72(60,51-43-39-35-31-27-23-19-15-11-7-3)52-44-40-36-32-28-24-20-16-12-8-4;1-3-5-7-9-11-13-15-17-19-21-24-33(25-22-20-18-16-14-12-10-8-6-4-2)28-27-30(34)37-31(28)32-29(35-33)23-26-36-32;1-15(2)16(3,4)24-19(23-15)11-9-10-12(14-13(11)21-27-22-14)20-25-17(5,6)18(7,8)26-20/h45-48,53-56H,5-44,49-52H2,1-4H3;23,26-27H,3-22,24-25H2,1-2H3;9-10H,1-8H3. The lowest BCUT2D eigenvalue weighted by atomic mass is 9.72. The largest absolute Gasteiger partial charge is 0.497 e. The molecule has 2 saturated heterocycles. The van der Waals surface area contributed by atoms with Gasteiger partial charge in [-0.1, -0.05) is 413 Å². The van der Waals surface area contributed by atoms with Gasteiger partial charge in [-0.05, 0) is 201 Å². The van der Waals surface area contributed by atoms with E-state index >= 15 is 0 Å². The number of fused-ring (bicyclic) bond motifs is 11. The summed E-state index contributed by atoms with van der Waals surface area (Å²) in [4.78, 5) is 10.9. The Labute approximate surface area is 921 Å². The van der Waals surface area contributed by atoms with Crippen molar-refractivity contribution in [1.82, 2.24) is 17.5 Å². The molecule has 0 amide bonds. The number of nitrogens with zero attached hydrogens (tertiary/aromatic N) is 4. The van der Waals surface area contributed by atoms with Gasteiger partial charge in [0.05, 0.1) is 78.9 Å². The van der Waals surface area contributed by atoms with Crippen molar-refractivity contribution in [2.75, 3.05) is 0 Å². The molecule has 0 saturated carbocycles. The minimum absolute atomic E-state index is 0.133. The highest BCUT2D eigenvalue weighted by Gasteiger charge is 2.56. The molecule has 0 aliphatic carbocycles. The molecule has 22 heteroatoms. The van der Waals surface area contributed by atoms with Gasteiger partial charge in [0.2, 0.25) is 0 Å². The summed E-state index contributed by atoms with van der Waals surface area (Å²) < 4.78 is 67.3. The molecule has 0 spiro atoms. The van der Waals surface area contributed by atoms with Crippen LogP contribution in [-0.4, -0.2) is 54.1 Å². The number of rotatable bonds is 70. The van der Waals surface area contributed by atoms with E-state index < -0.39 is 36.6 Å². The molecule has 0 bridgehead atoms. The van der Waals surface area contributed by atoms with Crippen LogP contribution in [0, 0.1) is 0 Å². The number of halogens is 1. The van der Waals surface area contributed by atoms with Crippen LogP contribution in [0.4, 0.5) is 0 Å². The number of unbranched alkanes of at least 4 members (excludes halogenated alkanes) is 54. The molecule has 2 aromatic carbocycles. The molecule has 802 valence electrons. The summed E-state index contributed by atoms with van der Waals surface area (Å²) >= 11 is 17.8. The lowest BCUT2D eigenvalue weighted by Crippen LogP contribution is -2.41. The van der Waals surface area contributed by atoms with Gasteiger partial charge in [-0.3, -0.25) is 0 Å². The minimum atomic E-state index is -0.478. The maximum absolute atomic E-state index is 7.43. The Kier molecular flexibility index (Phi) is 49.6. The van der Waals surface area contributed by atoms with Crippen LogP contribution in [0.15, 0.2) is 80.6 Å². The van der Waals surface area contributed by atoms with E-state index in [4.69, 9.17) is 41.6 Å². The fourth-order valence-electron chi connectivity index (χ4n) is 22.7. The molecule has 10 aromatic rings. The average molecular weight is 2190 g/mol. The quantitative estimate of drug-likeness (QED) is 0.0268. The molecular formula is C123H187B2BrN4O7S8. The van der Waals surface area contributed by atoms with Crippen LogP contribution in [0.25, 0.3) is 72.2 Å². The molecule has 145 heavy (non-hydrogen) atoms. The average Bonchev–Trinajstić information content (AvgIpc) is 1.58. The molecule has 0 radical (unpaired) electrons. The van der Waals surface area contributed by atoms with Crippen molar-refractivity contribution < 1.29 is 32.8 Å². The normalized spacial score (nSPS) is 16.1. The summed E-state index contributed by atoms with van der Waals surface area (Å²) in [7, 11) is -0.956. The first-order chi connectivity index (χ1) is 70.6. The summed E-state index contributed by atoms with van der Waals surface area (Å²) in [6.07, 6.45) is 88.5. The third-order valence-corrected chi connectivity index (χ3v) is 41.3. The molecule has 15 rings (SSSR count). The predicted octanol–water partition coefficient (Wildman–Crippen LogP) is 42.8. The lowest BCUT2D eigenvalue weighted by Gasteiger charge is -2.38. The molecule has 0 atom stereocenters. The maximum Gasteiger partial charge on any atom is 0.497 e. The molecule has 0 N–H and O–H groups in total. The first-order valence-corrected chi connectivity index (χ1v) is 66.5. The van der Waals surface area contributed by atoms with Gasteiger partial charge >= 0.3 is 14.2 Å². The van der Waals surface area contributed by atoms with E-state index in [-0.39, 0.29) is 16.8 Å². The summed E-state index contributed by atoms with van der Waals surface area (Å²) in [6, 6.07) is 23.0. The number of aromatic nitrogens is 4. The van der Waals surface area contributed by atoms with Crippen molar-refractivity contribution in [3.63, 3.8) is 0 Å². The fourth-order valence-corrected chi connectivity index (χ4v) is 31.1. The van der Waals surface area contributed by atoms with Gasteiger partial charge in [0, 0.05) is 48.5 Å². The lowest BCUT2D eigenvalue weighted by molar-refractivity contribution is 0.00578. The first kappa shape index (κ1) is 118.